The van der Waals surface area contributed by atoms with Gasteiger partial charge in [-0.25, -0.2) is 0 Å². The summed E-state index contributed by atoms with van der Waals surface area (Å²) in [6.45, 7) is 3.85. The Hall–Kier alpha value is -2.15. The summed E-state index contributed by atoms with van der Waals surface area (Å²) in [5, 5.41) is 9.79. The Bertz CT molecular complexity index is 744. The molecule has 0 unspecified atom stereocenters. The normalized spacial score (nSPS) is 20.4. The Labute approximate surface area is 138 Å². The average Bonchev–Trinajstić information content (AvgIpc) is 2.85. The molecule has 3 rings (SSSR count). The predicted octanol–water partition coefficient (Wildman–Crippen LogP) is 2.90. The number of aromatic amines is 1. The van der Waals surface area contributed by atoms with Gasteiger partial charge in [-0.3, -0.25) is 9.89 Å². The molecule has 0 fully saturated rings. The zero-order valence-corrected chi connectivity index (χ0v) is 14.3. The highest BCUT2D eigenvalue weighted by Crippen LogP contribution is 2.48. The van der Waals surface area contributed by atoms with Crippen LogP contribution in [0.5, 0.6) is 11.5 Å². The third kappa shape index (κ3) is 2.76. The largest absolute Gasteiger partial charge is 0.497 e. The number of carbonyl (C=O) groups is 1. The molecule has 2 aromatic rings. The lowest BCUT2D eigenvalue weighted by Gasteiger charge is -2.20. The number of benzene rings is 1. The van der Waals surface area contributed by atoms with Crippen molar-refractivity contribution in [2.45, 2.75) is 24.3 Å². The Balaban J connectivity index is 2.17. The number of aryl methyl sites for hydroxylation is 1. The number of amides is 1. The van der Waals surface area contributed by atoms with Gasteiger partial charge in [-0.15, -0.1) is 11.8 Å². The third-order valence-electron chi connectivity index (χ3n) is 3.93. The fraction of sp³-hybridized carbons (Fsp3) is 0.375. The van der Waals surface area contributed by atoms with Crippen LogP contribution in [-0.2, 0) is 4.79 Å². The summed E-state index contributed by atoms with van der Waals surface area (Å²) in [6, 6.07) is 5.70. The number of methoxy groups -OCH3 is 2. The lowest BCUT2D eigenvalue weighted by atomic mass is 10.0. The highest BCUT2D eigenvalue weighted by Gasteiger charge is 2.33. The molecule has 1 amide bonds. The average molecular weight is 333 g/mol. The van der Waals surface area contributed by atoms with Crippen molar-refractivity contribution in [1.29, 1.82) is 0 Å². The van der Waals surface area contributed by atoms with Crippen LogP contribution in [0.15, 0.2) is 18.2 Å². The van der Waals surface area contributed by atoms with Gasteiger partial charge in [0.05, 0.1) is 24.7 Å². The molecule has 0 aliphatic carbocycles. The van der Waals surface area contributed by atoms with E-state index in [1.807, 2.05) is 32.0 Å². The number of hydrogen-bond donors (Lipinski definition) is 2. The molecule has 2 N–H and O–H groups in total. The van der Waals surface area contributed by atoms with Crippen molar-refractivity contribution in [2.75, 3.05) is 19.5 Å². The molecule has 1 aromatic heterocycles. The molecular formula is C16H19N3O3S. The molecule has 6 nitrogen and oxygen atoms in total. The summed E-state index contributed by atoms with van der Waals surface area (Å²) in [7, 11) is 3.27. The molecule has 0 saturated heterocycles. The lowest BCUT2D eigenvalue weighted by Crippen LogP contribution is -2.21. The number of ether oxygens (including phenoxy) is 2. The highest BCUT2D eigenvalue weighted by molar-refractivity contribution is 8.01. The molecule has 7 heteroatoms. The van der Waals surface area contributed by atoms with Crippen LogP contribution in [0.3, 0.4) is 0 Å². The van der Waals surface area contributed by atoms with Crippen molar-refractivity contribution in [3.8, 4) is 11.5 Å². The van der Waals surface area contributed by atoms with E-state index in [9.17, 15) is 4.79 Å². The molecular weight excluding hydrogens is 314 g/mol. The van der Waals surface area contributed by atoms with E-state index in [2.05, 4.69) is 15.5 Å². The number of aromatic nitrogens is 2. The number of rotatable bonds is 3. The van der Waals surface area contributed by atoms with Crippen molar-refractivity contribution >= 4 is 23.5 Å². The Morgan fingerprint density at radius 1 is 1.26 bits per heavy atom. The monoisotopic (exact) mass is 333 g/mol. The van der Waals surface area contributed by atoms with Crippen LogP contribution < -0.4 is 14.8 Å². The Morgan fingerprint density at radius 3 is 2.74 bits per heavy atom. The maximum Gasteiger partial charge on any atom is 0.238 e. The van der Waals surface area contributed by atoms with E-state index in [1.165, 1.54) is 0 Å². The van der Waals surface area contributed by atoms with Gasteiger partial charge in [-0.1, -0.05) is 0 Å². The van der Waals surface area contributed by atoms with Gasteiger partial charge < -0.3 is 14.8 Å². The maximum atomic E-state index is 12.2. The van der Waals surface area contributed by atoms with Crippen molar-refractivity contribution in [2.24, 2.45) is 0 Å². The molecule has 1 aliphatic rings. The zero-order valence-electron chi connectivity index (χ0n) is 13.5. The summed E-state index contributed by atoms with van der Waals surface area (Å²) in [5.41, 5.74) is 2.86. The second-order valence-corrected chi connectivity index (χ2v) is 6.82. The second kappa shape index (κ2) is 6.16. The van der Waals surface area contributed by atoms with Gasteiger partial charge in [0.2, 0.25) is 5.91 Å². The van der Waals surface area contributed by atoms with Gasteiger partial charge in [0.25, 0.3) is 0 Å². The van der Waals surface area contributed by atoms with Gasteiger partial charge in [0, 0.05) is 16.8 Å². The smallest absolute Gasteiger partial charge is 0.238 e. The number of H-pyrrole nitrogens is 1. The van der Waals surface area contributed by atoms with E-state index in [-0.39, 0.29) is 16.4 Å². The van der Waals surface area contributed by atoms with Crippen LogP contribution in [0.25, 0.3) is 0 Å². The first kappa shape index (κ1) is 15.7. The predicted molar refractivity (Wildman–Crippen MR) is 90.4 cm³/mol. The number of thioether (sulfide) groups is 1. The van der Waals surface area contributed by atoms with Crippen molar-refractivity contribution in [3.05, 3.63) is 35.0 Å². The van der Waals surface area contributed by atoms with Crippen LogP contribution >= 0.6 is 11.8 Å². The molecule has 1 aromatic carbocycles. The fourth-order valence-electron chi connectivity index (χ4n) is 2.68. The van der Waals surface area contributed by atoms with E-state index in [0.717, 1.165) is 28.3 Å². The van der Waals surface area contributed by atoms with E-state index < -0.39 is 0 Å². The molecule has 0 saturated carbocycles. The van der Waals surface area contributed by atoms with E-state index in [1.54, 1.807) is 26.0 Å². The van der Waals surface area contributed by atoms with Gasteiger partial charge >= 0.3 is 0 Å². The zero-order chi connectivity index (χ0) is 16.6. The fourth-order valence-corrected chi connectivity index (χ4v) is 4.03. The molecule has 0 bridgehead atoms. The minimum atomic E-state index is -0.204. The number of carbonyl (C=O) groups excluding carboxylic acids is 1. The van der Waals surface area contributed by atoms with E-state index >= 15 is 0 Å². The number of anilines is 1. The number of nitrogens with one attached hydrogen (secondary N) is 2. The Morgan fingerprint density at radius 2 is 2.04 bits per heavy atom. The topological polar surface area (TPSA) is 76.2 Å². The lowest BCUT2D eigenvalue weighted by molar-refractivity contribution is -0.115. The van der Waals surface area contributed by atoms with Gasteiger partial charge in [0.1, 0.15) is 11.5 Å². The minimum Gasteiger partial charge on any atom is -0.497 e. The summed E-state index contributed by atoms with van der Waals surface area (Å²) >= 11 is 1.57. The summed E-state index contributed by atoms with van der Waals surface area (Å²) in [4.78, 5) is 12.2. The molecule has 2 atom stereocenters. The van der Waals surface area contributed by atoms with Crippen molar-refractivity contribution in [1.82, 2.24) is 10.2 Å². The molecule has 122 valence electrons. The summed E-state index contributed by atoms with van der Waals surface area (Å²) in [6.07, 6.45) is 0. The van der Waals surface area contributed by atoms with E-state index in [4.69, 9.17) is 9.47 Å². The molecule has 0 spiro atoms. The van der Waals surface area contributed by atoms with Gasteiger partial charge in [0.15, 0.2) is 5.82 Å². The van der Waals surface area contributed by atoms with Gasteiger partial charge in [-0.2, -0.15) is 5.10 Å². The van der Waals surface area contributed by atoms with E-state index in [0.29, 0.717) is 5.82 Å². The highest BCUT2D eigenvalue weighted by atomic mass is 32.2. The quantitative estimate of drug-likeness (QED) is 0.903. The van der Waals surface area contributed by atoms with Crippen LogP contribution in [-0.4, -0.2) is 35.6 Å². The van der Waals surface area contributed by atoms with Crippen molar-refractivity contribution < 1.29 is 14.3 Å². The van der Waals surface area contributed by atoms with Crippen LogP contribution in [0.1, 0.15) is 29.0 Å². The third-order valence-corrected chi connectivity index (χ3v) is 5.31. The molecule has 0 radical (unpaired) electrons. The van der Waals surface area contributed by atoms with Crippen LogP contribution in [0, 0.1) is 6.92 Å². The number of nitrogens with zero attached hydrogens (tertiary/aromatic N) is 1. The minimum absolute atomic E-state index is 0.0490. The molecule has 23 heavy (non-hydrogen) atoms. The molecule has 2 heterocycles. The molecule has 1 aliphatic heterocycles. The second-order valence-electron chi connectivity index (χ2n) is 5.37. The van der Waals surface area contributed by atoms with Crippen LogP contribution in [0.2, 0.25) is 0 Å². The maximum absolute atomic E-state index is 12.2. The summed E-state index contributed by atoms with van der Waals surface area (Å²) < 4.78 is 10.9. The standard InChI is InChI=1S/C16H19N3O3S/c1-8-13-14(11-7-10(21-3)5-6-12(11)22-4)23-9(2)16(20)17-15(13)19-18-8/h5-7,9,14H,1-4H3,(H2,17,18,19,20)/t9-,14-/m1/s1. The van der Waals surface area contributed by atoms with Gasteiger partial charge in [-0.05, 0) is 32.0 Å². The first-order valence-corrected chi connectivity index (χ1v) is 8.22. The first-order valence-electron chi connectivity index (χ1n) is 7.28. The SMILES string of the molecule is COc1ccc(OC)c([C@H]2S[C@H](C)C(=O)Nc3n[nH]c(C)c32)c1. The van der Waals surface area contributed by atoms with Crippen molar-refractivity contribution in [3.63, 3.8) is 0 Å². The first-order chi connectivity index (χ1) is 11.0. The Kier molecular flexibility index (Phi) is 4.21. The van der Waals surface area contributed by atoms with Crippen LogP contribution in [0.4, 0.5) is 5.82 Å². The summed E-state index contributed by atoms with van der Waals surface area (Å²) in [5.74, 6) is 2.04. The number of hydrogen-bond acceptors (Lipinski definition) is 5. The number of fused-ring (bicyclic) bond motifs is 1.